The van der Waals surface area contributed by atoms with E-state index in [1.54, 1.807) is 0 Å². The van der Waals surface area contributed by atoms with Crippen molar-refractivity contribution >= 4 is 11.8 Å². The molecule has 2 aliphatic rings. The molecule has 0 saturated carbocycles. The van der Waals surface area contributed by atoms with Crippen LogP contribution in [0.1, 0.15) is 18.9 Å². The Balaban J connectivity index is 2.07. The van der Waals surface area contributed by atoms with Gasteiger partial charge in [-0.2, -0.15) is 0 Å². The van der Waals surface area contributed by atoms with Crippen molar-refractivity contribution in [3.63, 3.8) is 0 Å². The van der Waals surface area contributed by atoms with Crippen LogP contribution in [0.5, 0.6) is 0 Å². The monoisotopic (exact) mass is 246 g/mol. The lowest BCUT2D eigenvalue weighted by Crippen LogP contribution is -2.49. The van der Waals surface area contributed by atoms with Crippen molar-refractivity contribution in [2.45, 2.75) is 24.9 Å². The number of nitrogens with zero attached hydrogens (tertiary/aromatic N) is 2. The molecule has 96 valence electrons. The van der Waals surface area contributed by atoms with E-state index in [9.17, 15) is 4.79 Å². The van der Waals surface area contributed by atoms with Gasteiger partial charge in [0.05, 0.1) is 7.11 Å². The van der Waals surface area contributed by atoms with E-state index >= 15 is 0 Å². The molecule has 0 spiro atoms. The summed E-state index contributed by atoms with van der Waals surface area (Å²) in [4.78, 5) is 15.9. The highest BCUT2D eigenvalue weighted by atomic mass is 16.5. The summed E-state index contributed by atoms with van der Waals surface area (Å²) in [6.07, 6.45) is 0.819. The number of para-hydroxylation sites is 1. The average Bonchev–Trinajstić information content (AvgIpc) is 2.85. The van der Waals surface area contributed by atoms with Crippen LogP contribution >= 0.6 is 0 Å². The lowest BCUT2D eigenvalue weighted by atomic mass is 9.81. The molecular weight excluding hydrogens is 228 g/mol. The molecule has 1 fully saturated rings. The van der Waals surface area contributed by atoms with Crippen LogP contribution in [-0.4, -0.2) is 37.9 Å². The normalized spacial score (nSPS) is 29.2. The van der Waals surface area contributed by atoms with Gasteiger partial charge in [0, 0.05) is 24.7 Å². The summed E-state index contributed by atoms with van der Waals surface area (Å²) in [7, 11) is 3.50. The minimum absolute atomic E-state index is 0.0134. The van der Waals surface area contributed by atoms with Crippen LogP contribution in [0.25, 0.3) is 0 Å². The Morgan fingerprint density at radius 2 is 2.17 bits per heavy atom. The van der Waals surface area contributed by atoms with Crippen molar-refractivity contribution in [3.8, 4) is 0 Å². The SMILES string of the molecule is COC(=O)N1CC[C@@]2(C)c3ccccc3N(C)[C@@H]12. The predicted molar refractivity (Wildman–Crippen MR) is 69.7 cm³/mol. The molecule has 4 nitrogen and oxygen atoms in total. The smallest absolute Gasteiger partial charge is 0.411 e. The maximum absolute atomic E-state index is 11.9. The first-order valence-electron chi connectivity index (χ1n) is 6.26. The molecule has 0 aromatic heterocycles. The van der Waals surface area contributed by atoms with E-state index in [0.29, 0.717) is 0 Å². The summed E-state index contributed by atoms with van der Waals surface area (Å²) in [5, 5.41) is 0. The number of rotatable bonds is 0. The third-order valence-electron chi connectivity index (χ3n) is 4.41. The molecule has 0 unspecified atom stereocenters. The number of amides is 1. The molecule has 2 aliphatic heterocycles. The third kappa shape index (κ3) is 1.23. The van der Waals surface area contributed by atoms with Crippen LogP contribution in [0.15, 0.2) is 24.3 Å². The van der Waals surface area contributed by atoms with Gasteiger partial charge in [-0.25, -0.2) is 4.79 Å². The van der Waals surface area contributed by atoms with Gasteiger partial charge >= 0.3 is 6.09 Å². The number of likely N-dealkylation sites (N-methyl/N-ethyl adjacent to an activating group) is 1. The first-order chi connectivity index (χ1) is 8.59. The number of carbonyl (C=O) groups is 1. The van der Waals surface area contributed by atoms with E-state index in [1.165, 1.54) is 18.4 Å². The second-order valence-electron chi connectivity index (χ2n) is 5.33. The van der Waals surface area contributed by atoms with Crippen LogP contribution in [0.2, 0.25) is 0 Å². The molecule has 1 aromatic carbocycles. The van der Waals surface area contributed by atoms with Crippen LogP contribution in [0.3, 0.4) is 0 Å². The van der Waals surface area contributed by atoms with Crippen molar-refractivity contribution in [2.24, 2.45) is 0 Å². The topological polar surface area (TPSA) is 32.8 Å². The first kappa shape index (κ1) is 11.4. The van der Waals surface area contributed by atoms with Gasteiger partial charge in [-0.05, 0) is 18.1 Å². The molecule has 1 saturated heterocycles. The fourth-order valence-electron chi connectivity index (χ4n) is 3.56. The lowest BCUT2D eigenvalue weighted by Gasteiger charge is -2.33. The maximum Gasteiger partial charge on any atom is 0.411 e. The standard InChI is InChI=1S/C14H18N2O2/c1-14-8-9-16(13(17)18-3)12(14)15(2)11-7-5-4-6-10(11)14/h4-7,12H,8-9H2,1-3H3/t12-,14-/m0/s1. The Morgan fingerprint density at radius 1 is 1.44 bits per heavy atom. The number of fused-ring (bicyclic) bond motifs is 3. The zero-order valence-electron chi connectivity index (χ0n) is 11.0. The van der Waals surface area contributed by atoms with E-state index in [0.717, 1.165) is 13.0 Å². The largest absolute Gasteiger partial charge is 0.453 e. The molecule has 1 aromatic rings. The zero-order chi connectivity index (χ0) is 12.9. The maximum atomic E-state index is 11.9. The van der Waals surface area contributed by atoms with E-state index in [-0.39, 0.29) is 17.7 Å². The Kier molecular flexibility index (Phi) is 2.30. The Morgan fingerprint density at radius 3 is 2.89 bits per heavy atom. The third-order valence-corrected chi connectivity index (χ3v) is 4.41. The van der Waals surface area contributed by atoms with E-state index in [4.69, 9.17) is 4.74 Å². The zero-order valence-corrected chi connectivity index (χ0v) is 11.0. The first-order valence-corrected chi connectivity index (χ1v) is 6.26. The number of likely N-dealkylation sites (tertiary alicyclic amines) is 1. The Bertz CT molecular complexity index is 502. The summed E-state index contributed by atoms with van der Waals surface area (Å²) in [6, 6.07) is 8.41. The Labute approximate surface area is 107 Å². The van der Waals surface area contributed by atoms with Gasteiger partial charge in [0.15, 0.2) is 0 Å². The van der Waals surface area contributed by atoms with Gasteiger partial charge in [-0.15, -0.1) is 0 Å². The van der Waals surface area contributed by atoms with Crippen LogP contribution in [-0.2, 0) is 10.2 Å². The van der Waals surface area contributed by atoms with Gasteiger partial charge in [-0.3, -0.25) is 4.90 Å². The highest BCUT2D eigenvalue weighted by molar-refractivity contribution is 5.73. The van der Waals surface area contributed by atoms with E-state index in [2.05, 4.69) is 37.1 Å². The van der Waals surface area contributed by atoms with Crippen molar-refractivity contribution < 1.29 is 9.53 Å². The second-order valence-corrected chi connectivity index (χ2v) is 5.33. The molecule has 2 heterocycles. The van der Waals surface area contributed by atoms with Crippen molar-refractivity contribution in [1.29, 1.82) is 0 Å². The fourth-order valence-corrected chi connectivity index (χ4v) is 3.56. The van der Waals surface area contributed by atoms with Gasteiger partial charge < -0.3 is 9.64 Å². The number of ether oxygens (including phenoxy) is 1. The molecule has 4 heteroatoms. The number of hydrogen-bond donors (Lipinski definition) is 0. The summed E-state index contributed by atoms with van der Waals surface area (Å²) in [5.41, 5.74) is 2.57. The predicted octanol–water partition coefficient (Wildman–Crippen LogP) is 2.19. The van der Waals surface area contributed by atoms with Gasteiger partial charge in [0.25, 0.3) is 0 Å². The highest BCUT2D eigenvalue weighted by Gasteiger charge is 2.54. The highest BCUT2D eigenvalue weighted by Crippen LogP contribution is 2.51. The van der Waals surface area contributed by atoms with Crippen LogP contribution in [0.4, 0.5) is 10.5 Å². The van der Waals surface area contributed by atoms with Gasteiger partial charge in [0.2, 0.25) is 0 Å². The van der Waals surface area contributed by atoms with E-state index in [1.807, 2.05) is 11.0 Å². The van der Waals surface area contributed by atoms with Crippen LogP contribution in [0, 0.1) is 0 Å². The van der Waals surface area contributed by atoms with Crippen LogP contribution < -0.4 is 4.90 Å². The molecular formula is C14H18N2O2. The molecule has 0 bridgehead atoms. The van der Waals surface area contributed by atoms with Crippen molar-refractivity contribution in [3.05, 3.63) is 29.8 Å². The Hall–Kier alpha value is -1.71. The minimum Gasteiger partial charge on any atom is -0.453 e. The molecule has 18 heavy (non-hydrogen) atoms. The number of benzene rings is 1. The molecule has 3 rings (SSSR count). The second kappa shape index (κ2) is 3.64. The number of carbonyl (C=O) groups excluding carboxylic acids is 1. The summed E-state index contributed by atoms with van der Waals surface area (Å²) in [6.45, 7) is 3.00. The average molecular weight is 246 g/mol. The fraction of sp³-hybridized carbons (Fsp3) is 0.500. The summed E-state index contributed by atoms with van der Waals surface area (Å²) in [5.74, 6) is 0. The lowest BCUT2D eigenvalue weighted by molar-refractivity contribution is 0.114. The molecule has 0 aliphatic carbocycles. The van der Waals surface area contributed by atoms with Gasteiger partial charge in [-0.1, -0.05) is 25.1 Å². The van der Waals surface area contributed by atoms with Gasteiger partial charge in [0.1, 0.15) is 6.17 Å². The minimum atomic E-state index is -0.233. The number of methoxy groups -OCH3 is 1. The van der Waals surface area contributed by atoms with E-state index < -0.39 is 0 Å². The molecule has 0 N–H and O–H groups in total. The summed E-state index contributed by atoms with van der Waals surface area (Å²) >= 11 is 0. The summed E-state index contributed by atoms with van der Waals surface area (Å²) < 4.78 is 4.89. The quantitative estimate of drug-likeness (QED) is 0.703. The molecule has 0 radical (unpaired) electrons. The van der Waals surface area contributed by atoms with Crippen molar-refractivity contribution in [1.82, 2.24) is 4.90 Å². The number of hydrogen-bond acceptors (Lipinski definition) is 3. The molecule has 1 amide bonds. The van der Waals surface area contributed by atoms with Crippen molar-refractivity contribution in [2.75, 3.05) is 25.6 Å². The molecule has 2 atom stereocenters. The number of anilines is 1.